The number of benzene rings is 2. The molecule has 7 nitrogen and oxygen atoms in total. The van der Waals surface area contributed by atoms with E-state index in [1.165, 1.54) is 4.90 Å². The molecular formula is C23H25NO6. The highest BCUT2D eigenvalue weighted by molar-refractivity contribution is 6.21. The van der Waals surface area contributed by atoms with Gasteiger partial charge in [0.25, 0.3) is 11.8 Å². The number of aryl methyl sites for hydroxylation is 1. The van der Waals surface area contributed by atoms with Gasteiger partial charge in [-0.25, -0.2) is 0 Å². The molecule has 0 aromatic heterocycles. The Morgan fingerprint density at radius 3 is 2.20 bits per heavy atom. The first kappa shape index (κ1) is 21.4. The zero-order valence-corrected chi connectivity index (χ0v) is 17.2. The van der Waals surface area contributed by atoms with Gasteiger partial charge in [0.2, 0.25) is 0 Å². The molecule has 2 amide bonds. The Balaban J connectivity index is 1.36. The summed E-state index contributed by atoms with van der Waals surface area (Å²) in [5.74, 6) is 0.453. The molecule has 0 bridgehead atoms. The van der Waals surface area contributed by atoms with E-state index in [0.717, 1.165) is 5.56 Å². The highest BCUT2D eigenvalue weighted by Crippen LogP contribution is 2.28. The molecule has 2 aromatic carbocycles. The monoisotopic (exact) mass is 411 g/mol. The maximum Gasteiger partial charge on any atom is 0.306 e. The number of hydrogen-bond acceptors (Lipinski definition) is 6. The van der Waals surface area contributed by atoms with Crippen LogP contribution in [0.3, 0.4) is 0 Å². The number of fused-ring (bicyclic) bond motifs is 1. The molecule has 1 aliphatic rings. The first-order valence-corrected chi connectivity index (χ1v) is 9.87. The summed E-state index contributed by atoms with van der Waals surface area (Å²) in [6.07, 6.45) is 1.95. The van der Waals surface area contributed by atoms with Gasteiger partial charge in [-0.2, -0.15) is 0 Å². The second-order valence-electron chi connectivity index (χ2n) is 6.92. The number of carbonyl (C=O) groups excluding carboxylic acids is 3. The molecule has 0 fully saturated rings. The highest BCUT2D eigenvalue weighted by Gasteiger charge is 2.34. The van der Waals surface area contributed by atoms with E-state index in [9.17, 15) is 14.4 Å². The van der Waals surface area contributed by atoms with Gasteiger partial charge in [0, 0.05) is 13.0 Å². The maximum atomic E-state index is 12.3. The molecule has 0 radical (unpaired) electrons. The van der Waals surface area contributed by atoms with Crippen molar-refractivity contribution in [1.29, 1.82) is 0 Å². The number of rotatable bonds is 10. The third kappa shape index (κ3) is 4.79. The summed E-state index contributed by atoms with van der Waals surface area (Å²) in [6.45, 7) is 0.573. The van der Waals surface area contributed by atoms with E-state index in [1.807, 2.05) is 12.1 Å². The number of hydrogen-bond donors (Lipinski definition) is 0. The predicted octanol–water partition coefficient (Wildman–Crippen LogP) is 3.26. The molecule has 30 heavy (non-hydrogen) atoms. The fraction of sp³-hybridized carbons (Fsp3) is 0.348. The first-order valence-electron chi connectivity index (χ1n) is 9.87. The minimum Gasteiger partial charge on any atom is -0.493 e. The summed E-state index contributed by atoms with van der Waals surface area (Å²) in [5, 5.41) is 0. The van der Waals surface area contributed by atoms with E-state index in [2.05, 4.69) is 0 Å². The zero-order chi connectivity index (χ0) is 21.5. The molecule has 158 valence electrons. The van der Waals surface area contributed by atoms with Crippen LogP contribution in [0.4, 0.5) is 0 Å². The Morgan fingerprint density at radius 2 is 1.57 bits per heavy atom. The lowest BCUT2D eigenvalue weighted by Gasteiger charge is -2.13. The van der Waals surface area contributed by atoms with Gasteiger partial charge in [0.15, 0.2) is 11.5 Å². The minimum absolute atomic E-state index is 0.258. The van der Waals surface area contributed by atoms with Gasteiger partial charge < -0.3 is 14.2 Å². The minimum atomic E-state index is -0.287. The summed E-state index contributed by atoms with van der Waals surface area (Å²) < 4.78 is 15.7. The van der Waals surface area contributed by atoms with Crippen molar-refractivity contribution in [3.63, 3.8) is 0 Å². The van der Waals surface area contributed by atoms with Crippen LogP contribution in [0.25, 0.3) is 0 Å². The van der Waals surface area contributed by atoms with Gasteiger partial charge in [-0.3, -0.25) is 19.3 Å². The van der Waals surface area contributed by atoms with Crippen molar-refractivity contribution in [2.75, 3.05) is 27.4 Å². The number of unbranched alkanes of at least 4 members (excludes halogenated alkanes) is 1. The van der Waals surface area contributed by atoms with Crippen molar-refractivity contribution in [2.45, 2.75) is 25.7 Å². The quantitative estimate of drug-likeness (QED) is 0.339. The van der Waals surface area contributed by atoms with Crippen molar-refractivity contribution in [3.8, 4) is 11.5 Å². The topological polar surface area (TPSA) is 82.1 Å². The third-order valence-electron chi connectivity index (χ3n) is 4.98. The van der Waals surface area contributed by atoms with E-state index in [-0.39, 0.29) is 30.8 Å². The summed E-state index contributed by atoms with van der Waals surface area (Å²) in [5.41, 5.74) is 1.85. The Kier molecular flexibility index (Phi) is 7.06. The number of ether oxygens (including phenoxy) is 3. The SMILES string of the molecule is COc1ccc(CCC(=O)OCCCCN2C(=O)c3ccccc3C2=O)cc1OC. The Bertz CT molecular complexity index is 904. The van der Waals surface area contributed by atoms with Gasteiger partial charge in [-0.15, -0.1) is 0 Å². The van der Waals surface area contributed by atoms with E-state index in [0.29, 0.717) is 48.4 Å². The zero-order valence-electron chi connectivity index (χ0n) is 17.2. The fourth-order valence-corrected chi connectivity index (χ4v) is 3.35. The summed E-state index contributed by atoms with van der Waals surface area (Å²) >= 11 is 0. The normalized spacial score (nSPS) is 12.7. The Hall–Kier alpha value is -3.35. The molecule has 0 spiro atoms. The van der Waals surface area contributed by atoms with Crippen LogP contribution < -0.4 is 9.47 Å². The molecule has 0 saturated heterocycles. The van der Waals surface area contributed by atoms with Crippen LogP contribution in [0.2, 0.25) is 0 Å². The van der Waals surface area contributed by atoms with Crippen molar-refractivity contribution in [1.82, 2.24) is 4.90 Å². The summed E-state index contributed by atoms with van der Waals surface area (Å²) in [7, 11) is 3.14. The molecule has 3 rings (SSSR count). The molecule has 0 saturated carbocycles. The largest absolute Gasteiger partial charge is 0.493 e. The summed E-state index contributed by atoms with van der Waals surface area (Å²) in [6, 6.07) is 12.3. The van der Waals surface area contributed by atoms with Crippen molar-refractivity contribution >= 4 is 17.8 Å². The van der Waals surface area contributed by atoms with Gasteiger partial charge >= 0.3 is 5.97 Å². The van der Waals surface area contributed by atoms with Gasteiger partial charge in [-0.05, 0) is 49.1 Å². The van der Waals surface area contributed by atoms with Crippen molar-refractivity contribution in [3.05, 3.63) is 59.2 Å². The maximum absolute atomic E-state index is 12.3. The number of methoxy groups -OCH3 is 2. The Morgan fingerprint density at radius 1 is 0.900 bits per heavy atom. The molecule has 0 N–H and O–H groups in total. The van der Waals surface area contributed by atoms with Crippen LogP contribution in [-0.4, -0.2) is 50.1 Å². The van der Waals surface area contributed by atoms with Gasteiger partial charge in [0.1, 0.15) is 0 Å². The van der Waals surface area contributed by atoms with Crippen LogP contribution >= 0.6 is 0 Å². The van der Waals surface area contributed by atoms with Crippen LogP contribution in [0, 0.1) is 0 Å². The van der Waals surface area contributed by atoms with Crippen LogP contribution in [-0.2, 0) is 16.0 Å². The van der Waals surface area contributed by atoms with Crippen LogP contribution in [0.15, 0.2) is 42.5 Å². The standard InChI is InChI=1S/C23H25NO6/c1-28-19-11-9-16(15-20(19)29-2)10-12-21(25)30-14-6-5-13-24-22(26)17-7-3-4-8-18(17)23(24)27/h3-4,7-9,11,15H,5-6,10,12-14H2,1-2H3. The molecule has 1 heterocycles. The lowest BCUT2D eigenvalue weighted by molar-refractivity contribution is -0.143. The first-order chi connectivity index (χ1) is 14.5. The average molecular weight is 411 g/mol. The molecule has 0 aliphatic carbocycles. The van der Waals surface area contributed by atoms with Crippen molar-refractivity contribution < 1.29 is 28.6 Å². The lowest BCUT2D eigenvalue weighted by atomic mass is 10.1. The molecule has 0 atom stereocenters. The van der Waals surface area contributed by atoms with Crippen molar-refractivity contribution in [2.24, 2.45) is 0 Å². The average Bonchev–Trinajstić information content (AvgIpc) is 3.02. The van der Waals surface area contributed by atoms with Gasteiger partial charge in [0.05, 0.1) is 32.0 Å². The van der Waals surface area contributed by atoms with E-state index >= 15 is 0 Å². The van der Waals surface area contributed by atoms with Gasteiger partial charge in [-0.1, -0.05) is 18.2 Å². The number of carbonyl (C=O) groups is 3. The summed E-state index contributed by atoms with van der Waals surface area (Å²) in [4.78, 5) is 37.8. The molecule has 2 aromatic rings. The highest BCUT2D eigenvalue weighted by atomic mass is 16.5. The number of esters is 1. The van der Waals surface area contributed by atoms with E-state index < -0.39 is 0 Å². The molecule has 0 unspecified atom stereocenters. The Labute approximate surface area is 175 Å². The third-order valence-corrected chi connectivity index (χ3v) is 4.98. The second kappa shape index (κ2) is 9.91. The number of imide groups is 1. The predicted molar refractivity (Wildman–Crippen MR) is 110 cm³/mol. The molecule has 1 aliphatic heterocycles. The molecule has 7 heteroatoms. The van der Waals surface area contributed by atoms with Crippen LogP contribution in [0.5, 0.6) is 11.5 Å². The lowest BCUT2D eigenvalue weighted by Crippen LogP contribution is -2.30. The smallest absolute Gasteiger partial charge is 0.306 e. The van der Waals surface area contributed by atoms with E-state index in [4.69, 9.17) is 14.2 Å². The van der Waals surface area contributed by atoms with Crippen LogP contribution in [0.1, 0.15) is 45.5 Å². The fourth-order valence-electron chi connectivity index (χ4n) is 3.35. The number of nitrogens with zero attached hydrogens (tertiary/aromatic N) is 1. The van der Waals surface area contributed by atoms with E-state index in [1.54, 1.807) is 44.6 Å². The number of amides is 2. The molecular weight excluding hydrogens is 386 g/mol. The second-order valence-corrected chi connectivity index (χ2v) is 6.92.